The lowest BCUT2D eigenvalue weighted by Crippen LogP contribution is -2.13. The summed E-state index contributed by atoms with van der Waals surface area (Å²) in [6.45, 7) is 1.90. The Hall–Kier alpha value is -1.65. The van der Waals surface area contributed by atoms with Gasteiger partial charge in [0.1, 0.15) is 5.82 Å². The Morgan fingerprint density at radius 3 is 2.57 bits per heavy atom. The first-order chi connectivity index (χ1) is 10.2. The number of hydrogen-bond donors (Lipinski definition) is 1. The van der Waals surface area contributed by atoms with Crippen LogP contribution >= 0.6 is 22.7 Å². The van der Waals surface area contributed by atoms with E-state index in [1.807, 2.05) is 25.1 Å². The van der Waals surface area contributed by atoms with Crippen LogP contribution in [0, 0.1) is 12.7 Å². The van der Waals surface area contributed by atoms with Gasteiger partial charge in [-0.15, -0.1) is 22.7 Å². The molecule has 1 nitrogen and oxygen atoms in total. The van der Waals surface area contributed by atoms with Crippen LogP contribution in [0.1, 0.15) is 21.4 Å². The van der Waals surface area contributed by atoms with E-state index in [9.17, 15) is 4.39 Å². The van der Waals surface area contributed by atoms with E-state index in [1.54, 1.807) is 28.7 Å². The molecular weight excluding hydrogens is 301 g/mol. The maximum Gasteiger partial charge on any atom is 0.146 e. The molecule has 0 fully saturated rings. The number of hydrogen-bond acceptors (Lipinski definition) is 3. The minimum atomic E-state index is -0.192. The summed E-state index contributed by atoms with van der Waals surface area (Å²) in [5.41, 5.74) is 1.50. The zero-order valence-electron chi connectivity index (χ0n) is 11.7. The number of rotatable bonds is 5. The zero-order valence-corrected chi connectivity index (χ0v) is 13.3. The molecule has 1 N–H and O–H groups in total. The van der Waals surface area contributed by atoms with Crippen LogP contribution in [0.15, 0.2) is 53.2 Å². The van der Waals surface area contributed by atoms with Crippen molar-refractivity contribution < 1.29 is 4.39 Å². The number of thiophene rings is 2. The maximum absolute atomic E-state index is 14.1. The largest absolute Gasteiger partial charge is 0.375 e. The second-order valence-corrected chi connectivity index (χ2v) is 6.99. The van der Waals surface area contributed by atoms with Crippen molar-refractivity contribution in [3.8, 4) is 0 Å². The zero-order chi connectivity index (χ0) is 14.7. The van der Waals surface area contributed by atoms with Gasteiger partial charge in [-0.1, -0.05) is 18.2 Å². The van der Waals surface area contributed by atoms with Crippen molar-refractivity contribution >= 4 is 28.4 Å². The second kappa shape index (κ2) is 6.41. The Bertz CT molecular complexity index is 690. The van der Waals surface area contributed by atoms with Gasteiger partial charge in [0.2, 0.25) is 0 Å². The lowest BCUT2D eigenvalue weighted by atomic mass is 10.1. The van der Waals surface area contributed by atoms with E-state index in [4.69, 9.17) is 0 Å². The molecule has 0 bridgehead atoms. The van der Waals surface area contributed by atoms with Gasteiger partial charge >= 0.3 is 0 Å². The topological polar surface area (TPSA) is 12.0 Å². The van der Waals surface area contributed by atoms with E-state index in [1.165, 1.54) is 9.75 Å². The van der Waals surface area contributed by atoms with Gasteiger partial charge < -0.3 is 5.32 Å². The molecule has 1 unspecified atom stereocenters. The predicted octanol–water partition coefficient (Wildman–Crippen LogP) is 5.65. The fraction of sp³-hybridized carbons (Fsp3) is 0.176. The standard InChI is InChI=1S/C17H16FNS2/c1-12-6-7-15(14(18)10-12)19-16(17-5-3-9-21-17)11-13-4-2-8-20-13/h2-10,16,19H,11H2,1H3. The van der Waals surface area contributed by atoms with E-state index in [2.05, 4.69) is 34.3 Å². The van der Waals surface area contributed by atoms with E-state index in [0.29, 0.717) is 5.69 Å². The van der Waals surface area contributed by atoms with Crippen molar-refractivity contribution in [3.63, 3.8) is 0 Å². The van der Waals surface area contributed by atoms with Gasteiger partial charge in [-0.2, -0.15) is 0 Å². The van der Waals surface area contributed by atoms with Gasteiger partial charge in [0, 0.05) is 16.2 Å². The molecule has 0 radical (unpaired) electrons. The highest BCUT2D eigenvalue weighted by Crippen LogP contribution is 2.29. The average molecular weight is 317 g/mol. The van der Waals surface area contributed by atoms with Crippen LogP contribution in [0.3, 0.4) is 0 Å². The lowest BCUT2D eigenvalue weighted by Gasteiger charge is -2.19. The molecule has 4 heteroatoms. The fourth-order valence-corrected chi connectivity index (χ4v) is 3.80. The molecule has 21 heavy (non-hydrogen) atoms. The van der Waals surface area contributed by atoms with Crippen LogP contribution in [0.5, 0.6) is 0 Å². The smallest absolute Gasteiger partial charge is 0.146 e. The molecule has 0 aliphatic carbocycles. The minimum absolute atomic E-state index is 0.0980. The van der Waals surface area contributed by atoms with E-state index in [-0.39, 0.29) is 11.9 Å². The van der Waals surface area contributed by atoms with Gasteiger partial charge in [-0.3, -0.25) is 0 Å². The van der Waals surface area contributed by atoms with Gasteiger partial charge in [-0.05, 0) is 47.5 Å². The van der Waals surface area contributed by atoms with Crippen LogP contribution in [0.2, 0.25) is 0 Å². The van der Waals surface area contributed by atoms with Crippen molar-refractivity contribution in [2.75, 3.05) is 5.32 Å². The predicted molar refractivity (Wildman–Crippen MR) is 89.8 cm³/mol. The van der Waals surface area contributed by atoms with E-state index >= 15 is 0 Å². The molecule has 0 amide bonds. The number of aryl methyl sites for hydroxylation is 1. The summed E-state index contributed by atoms with van der Waals surface area (Å²) in [5.74, 6) is -0.192. The van der Waals surface area contributed by atoms with E-state index < -0.39 is 0 Å². The molecule has 0 aliphatic heterocycles. The summed E-state index contributed by atoms with van der Waals surface area (Å²) in [6.07, 6.45) is 0.867. The Labute approximate surface area is 132 Å². The van der Waals surface area contributed by atoms with Gasteiger partial charge in [-0.25, -0.2) is 4.39 Å². The monoisotopic (exact) mass is 317 g/mol. The number of anilines is 1. The summed E-state index contributed by atoms with van der Waals surface area (Å²) in [4.78, 5) is 2.52. The SMILES string of the molecule is Cc1ccc(NC(Cc2cccs2)c2cccs2)c(F)c1. The Kier molecular flexibility index (Phi) is 4.36. The molecule has 2 heterocycles. The Morgan fingerprint density at radius 2 is 1.90 bits per heavy atom. The van der Waals surface area contributed by atoms with Crippen LogP contribution in [0.25, 0.3) is 0 Å². The maximum atomic E-state index is 14.1. The third-order valence-electron chi connectivity index (χ3n) is 3.33. The van der Waals surface area contributed by atoms with E-state index in [0.717, 1.165) is 12.0 Å². The molecule has 3 aromatic rings. The Balaban J connectivity index is 1.85. The molecule has 0 spiro atoms. The highest BCUT2D eigenvalue weighted by molar-refractivity contribution is 7.10. The highest BCUT2D eigenvalue weighted by atomic mass is 32.1. The van der Waals surface area contributed by atoms with Gasteiger partial charge in [0.05, 0.1) is 11.7 Å². The van der Waals surface area contributed by atoms with Crippen LogP contribution in [-0.2, 0) is 6.42 Å². The first kappa shape index (κ1) is 14.3. The van der Waals surface area contributed by atoms with Crippen LogP contribution in [-0.4, -0.2) is 0 Å². The molecular formula is C17H16FNS2. The van der Waals surface area contributed by atoms with Crippen molar-refractivity contribution in [3.05, 3.63) is 74.4 Å². The average Bonchev–Trinajstić information content (AvgIpc) is 3.13. The third-order valence-corrected chi connectivity index (χ3v) is 5.21. The quantitative estimate of drug-likeness (QED) is 0.641. The van der Waals surface area contributed by atoms with Crippen molar-refractivity contribution in [2.45, 2.75) is 19.4 Å². The third kappa shape index (κ3) is 3.52. The highest BCUT2D eigenvalue weighted by Gasteiger charge is 2.15. The first-order valence-corrected chi connectivity index (χ1v) is 8.57. The molecule has 108 valence electrons. The molecule has 0 saturated carbocycles. The fourth-order valence-electron chi connectivity index (χ4n) is 2.27. The molecule has 1 atom stereocenters. The number of nitrogens with one attached hydrogen (secondary N) is 1. The Morgan fingerprint density at radius 1 is 1.10 bits per heavy atom. The molecule has 0 aliphatic rings. The number of halogens is 1. The van der Waals surface area contributed by atoms with Gasteiger partial charge in [0.25, 0.3) is 0 Å². The summed E-state index contributed by atoms with van der Waals surface area (Å²) >= 11 is 3.44. The van der Waals surface area contributed by atoms with Crippen molar-refractivity contribution in [2.24, 2.45) is 0 Å². The van der Waals surface area contributed by atoms with Crippen molar-refractivity contribution in [1.82, 2.24) is 0 Å². The molecule has 3 rings (SSSR count). The summed E-state index contributed by atoms with van der Waals surface area (Å²) in [7, 11) is 0. The molecule has 2 aromatic heterocycles. The summed E-state index contributed by atoms with van der Waals surface area (Å²) in [6, 6.07) is 13.7. The minimum Gasteiger partial charge on any atom is -0.375 e. The second-order valence-electron chi connectivity index (χ2n) is 4.98. The van der Waals surface area contributed by atoms with Crippen LogP contribution < -0.4 is 5.32 Å². The lowest BCUT2D eigenvalue weighted by molar-refractivity contribution is 0.624. The number of benzene rings is 1. The summed E-state index contributed by atoms with van der Waals surface area (Å²) < 4.78 is 14.1. The molecule has 1 aromatic carbocycles. The van der Waals surface area contributed by atoms with Gasteiger partial charge in [0.15, 0.2) is 0 Å². The first-order valence-electron chi connectivity index (χ1n) is 6.81. The normalized spacial score (nSPS) is 12.3. The van der Waals surface area contributed by atoms with Crippen molar-refractivity contribution in [1.29, 1.82) is 0 Å². The summed E-state index contributed by atoms with van der Waals surface area (Å²) in [5, 5.41) is 7.49. The van der Waals surface area contributed by atoms with Crippen LogP contribution in [0.4, 0.5) is 10.1 Å². The molecule has 0 saturated heterocycles.